The molecule has 2 heterocycles. The Hall–Kier alpha value is -3.52. The van der Waals surface area contributed by atoms with Crippen molar-refractivity contribution in [3.8, 4) is 11.1 Å². The number of aromatic nitrogens is 2. The first-order valence-corrected chi connectivity index (χ1v) is 10.6. The van der Waals surface area contributed by atoms with Gasteiger partial charge >= 0.3 is 0 Å². The Labute approximate surface area is 175 Å². The Morgan fingerprint density at radius 3 is 2.10 bits per heavy atom. The van der Waals surface area contributed by atoms with Crippen molar-refractivity contribution in [2.24, 2.45) is 0 Å². The number of hydrogen-bond donors (Lipinski definition) is 2. The molecule has 0 fully saturated rings. The minimum absolute atomic E-state index is 1.20. The molecule has 0 aliphatic heterocycles. The van der Waals surface area contributed by atoms with Gasteiger partial charge in [0.05, 0.1) is 5.52 Å². The summed E-state index contributed by atoms with van der Waals surface area (Å²) in [5, 5.41) is 5.20. The number of hydrogen-bond acceptors (Lipinski definition) is 0. The molecular formula is C28H24N2. The maximum Gasteiger partial charge on any atom is 0.0501 e. The average Bonchev–Trinajstić information content (AvgIpc) is 3.30. The molecule has 0 spiro atoms. The summed E-state index contributed by atoms with van der Waals surface area (Å²) in [6, 6.07) is 22.2. The standard InChI is InChI=1S/C28H24N2/c1-15-9-11-22-21-12-10-19(14-25(21)30-27(22)17(15)3)26-16(2)13-23-20-7-5-6-8-24(20)29-28(23)18(26)4/h5-14,29-30H,1-4H3. The lowest BCUT2D eigenvalue weighted by Gasteiger charge is -2.12. The summed E-state index contributed by atoms with van der Waals surface area (Å²) in [5.41, 5.74) is 12.7. The third-order valence-corrected chi connectivity index (χ3v) is 6.85. The van der Waals surface area contributed by atoms with Crippen LogP contribution in [0.15, 0.2) is 60.7 Å². The number of aromatic amines is 2. The van der Waals surface area contributed by atoms with Gasteiger partial charge in [-0.1, -0.05) is 42.5 Å². The van der Waals surface area contributed by atoms with Crippen LogP contribution in [0.25, 0.3) is 54.7 Å². The number of para-hydroxylation sites is 1. The fraction of sp³-hybridized carbons (Fsp3) is 0.143. The maximum atomic E-state index is 3.69. The van der Waals surface area contributed by atoms with E-state index in [2.05, 4.69) is 98.3 Å². The largest absolute Gasteiger partial charge is 0.354 e. The number of rotatable bonds is 1. The van der Waals surface area contributed by atoms with Crippen LogP contribution in [-0.2, 0) is 0 Å². The fourth-order valence-corrected chi connectivity index (χ4v) is 5.14. The van der Waals surface area contributed by atoms with Gasteiger partial charge in [0, 0.05) is 38.1 Å². The van der Waals surface area contributed by atoms with Gasteiger partial charge in [-0.3, -0.25) is 0 Å². The summed E-state index contributed by atoms with van der Waals surface area (Å²) in [6.07, 6.45) is 0. The molecule has 0 radical (unpaired) electrons. The second kappa shape index (κ2) is 5.99. The molecule has 0 saturated heterocycles. The third kappa shape index (κ3) is 2.25. The predicted molar refractivity (Wildman–Crippen MR) is 130 cm³/mol. The van der Waals surface area contributed by atoms with Crippen molar-refractivity contribution in [3.63, 3.8) is 0 Å². The molecule has 4 aromatic carbocycles. The molecule has 146 valence electrons. The molecule has 0 atom stereocenters. The van der Waals surface area contributed by atoms with Crippen LogP contribution in [0.3, 0.4) is 0 Å². The van der Waals surface area contributed by atoms with Gasteiger partial charge in [-0.25, -0.2) is 0 Å². The van der Waals surface area contributed by atoms with Crippen molar-refractivity contribution in [1.82, 2.24) is 9.97 Å². The lowest BCUT2D eigenvalue weighted by atomic mass is 9.92. The fourth-order valence-electron chi connectivity index (χ4n) is 5.14. The van der Waals surface area contributed by atoms with Crippen molar-refractivity contribution in [1.29, 1.82) is 0 Å². The number of H-pyrrole nitrogens is 2. The van der Waals surface area contributed by atoms with Crippen LogP contribution in [0.1, 0.15) is 22.3 Å². The summed E-state index contributed by atoms with van der Waals surface area (Å²) >= 11 is 0. The number of benzene rings is 4. The number of aryl methyl sites for hydroxylation is 4. The molecule has 30 heavy (non-hydrogen) atoms. The van der Waals surface area contributed by atoms with Gasteiger partial charge in [0.1, 0.15) is 0 Å². The number of nitrogens with one attached hydrogen (secondary N) is 2. The van der Waals surface area contributed by atoms with Gasteiger partial charge in [0.2, 0.25) is 0 Å². The molecule has 0 saturated carbocycles. The summed E-state index contributed by atoms with van der Waals surface area (Å²) in [7, 11) is 0. The first kappa shape index (κ1) is 17.3. The Bertz CT molecular complexity index is 1630. The molecule has 0 bridgehead atoms. The topological polar surface area (TPSA) is 31.6 Å². The molecule has 0 aliphatic carbocycles. The Morgan fingerprint density at radius 1 is 0.533 bits per heavy atom. The second-order valence-electron chi connectivity index (χ2n) is 8.60. The highest BCUT2D eigenvalue weighted by atomic mass is 14.7. The highest BCUT2D eigenvalue weighted by molar-refractivity contribution is 6.12. The quantitative estimate of drug-likeness (QED) is 0.287. The van der Waals surface area contributed by atoms with E-state index in [4.69, 9.17) is 0 Å². The molecule has 6 aromatic rings. The number of fused-ring (bicyclic) bond motifs is 6. The normalized spacial score (nSPS) is 12.0. The van der Waals surface area contributed by atoms with Gasteiger partial charge in [-0.15, -0.1) is 0 Å². The predicted octanol–water partition coefficient (Wildman–Crippen LogP) is 7.86. The van der Waals surface area contributed by atoms with Crippen LogP contribution < -0.4 is 0 Å². The van der Waals surface area contributed by atoms with Crippen molar-refractivity contribution in [2.45, 2.75) is 27.7 Å². The van der Waals surface area contributed by atoms with Crippen LogP contribution in [0, 0.1) is 27.7 Å². The van der Waals surface area contributed by atoms with Crippen LogP contribution >= 0.6 is 0 Å². The molecular weight excluding hydrogens is 364 g/mol. The average molecular weight is 389 g/mol. The smallest absolute Gasteiger partial charge is 0.0501 e. The van der Waals surface area contributed by atoms with Crippen molar-refractivity contribution in [2.75, 3.05) is 0 Å². The molecule has 2 aromatic heterocycles. The van der Waals surface area contributed by atoms with E-state index in [1.165, 1.54) is 77.0 Å². The zero-order valence-corrected chi connectivity index (χ0v) is 17.8. The van der Waals surface area contributed by atoms with Gasteiger partial charge in [-0.2, -0.15) is 0 Å². The SMILES string of the molecule is Cc1cc2c([nH]c3ccccc32)c(C)c1-c1ccc2c(c1)[nH]c1c(C)c(C)ccc12. The summed E-state index contributed by atoms with van der Waals surface area (Å²) in [5.74, 6) is 0. The lowest BCUT2D eigenvalue weighted by molar-refractivity contribution is 1.35. The monoisotopic (exact) mass is 388 g/mol. The van der Waals surface area contributed by atoms with E-state index in [1.807, 2.05) is 0 Å². The van der Waals surface area contributed by atoms with Gasteiger partial charge in [0.15, 0.2) is 0 Å². The van der Waals surface area contributed by atoms with E-state index in [0.717, 1.165) is 0 Å². The van der Waals surface area contributed by atoms with E-state index in [9.17, 15) is 0 Å². The minimum atomic E-state index is 1.20. The van der Waals surface area contributed by atoms with E-state index in [-0.39, 0.29) is 0 Å². The van der Waals surface area contributed by atoms with Gasteiger partial charge < -0.3 is 9.97 Å². The van der Waals surface area contributed by atoms with Crippen molar-refractivity contribution in [3.05, 3.63) is 82.9 Å². The summed E-state index contributed by atoms with van der Waals surface area (Å²) in [4.78, 5) is 7.34. The minimum Gasteiger partial charge on any atom is -0.354 e. The van der Waals surface area contributed by atoms with E-state index in [0.29, 0.717) is 0 Å². The van der Waals surface area contributed by atoms with E-state index < -0.39 is 0 Å². The zero-order valence-electron chi connectivity index (χ0n) is 17.8. The highest BCUT2D eigenvalue weighted by Gasteiger charge is 2.15. The summed E-state index contributed by atoms with van der Waals surface area (Å²) < 4.78 is 0. The van der Waals surface area contributed by atoms with Crippen LogP contribution in [0.4, 0.5) is 0 Å². The Balaban J connectivity index is 1.63. The molecule has 2 nitrogen and oxygen atoms in total. The van der Waals surface area contributed by atoms with Gasteiger partial charge in [0.25, 0.3) is 0 Å². The van der Waals surface area contributed by atoms with E-state index in [1.54, 1.807) is 0 Å². The third-order valence-electron chi connectivity index (χ3n) is 6.85. The van der Waals surface area contributed by atoms with Crippen LogP contribution in [0.2, 0.25) is 0 Å². The molecule has 0 aliphatic rings. The Morgan fingerprint density at radius 2 is 1.23 bits per heavy atom. The zero-order chi connectivity index (χ0) is 20.6. The van der Waals surface area contributed by atoms with Crippen LogP contribution in [-0.4, -0.2) is 9.97 Å². The van der Waals surface area contributed by atoms with Crippen molar-refractivity contribution >= 4 is 43.6 Å². The molecule has 0 amide bonds. The Kier molecular flexibility index (Phi) is 3.47. The van der Waals surface area contributed by atoms with Gasteiger partial charge in [-0.05, 0) is 79.3 Å². The lowest BCUT2D eigenvalue weighted by Crippen LogP contribution is -1.90. The van der Waals surface area contributed by atoms with E-state index >= 15 is 0 Å². The molecule has 2 N–H and O–H groups in total. The maximum absolute atomic E-state index is 3.69. The highest BCUT2D eigenvalue weighted by Crippen LogP contribution is 2.38. The van der Waals surface area contributed by atoms with Crippen molar-refractivity contribution < 1.29 is 0 Å². The first-order chi connectivity index (χ1) is 14.5. The summed E-state index contributed by atoms with van der Waals surface area (Å²) in [6.45, 7) is 8.84. The molecule has 2 heteroatoms. The van der Waals surface area contributed by atoms with Crippen LogP contribution in [0.5, 0.6) is 0 Å². The molecule has 6 rings (SSSR count). The molecule has 0 unspecified atom stereocenters. The first-order valence-electron chi connectivity index (χ1n) is 10.6. The second-order valence-corrected chi connectivity index (χ2v) is 8.60.